The van der Waals surface area contributed by atoms with Gasteiger partial charge < -0.3 is 15.1 Å². The van der Waals surface area contributed by atoms with Crippen LogP contribution in [0.3, 0.4) is 0 Å². The average Bonchev–Trinajstić information content (AvgIpc) is 3.39. The number of rotatable bonds is 6. The predicted octanol–water partition coefficient (Wildman–Crippen LogP) is 2.17. The minimum Gasteiger partial charge on any atom is -0.408 e. The summed E-state index contributed by atoms with van der Waals surface area (Å²) in [6.45, 7) is 0.353. The molecule has 2 aromatic carbocycles. The van der Waals surface area contributed by atoms with E-state index in [1.807, 2.05) is 30.3 Å². The first-order chi connectivity index (χ1) is 16.9. The summed E-state index contributed by atoms with van der Waals surface area (Å²) >= 11 is 0. The van der Waals surface area contributed by atoms with Crippen LogP contribution < -0.4 is 16.4 Å². The molecule has 2 amide bonds. The number of benzene rings is 2. The molecule has 5 aromatic rings. The predicted molar refractivity (Wildman–Crippen MR) is 123 cm³/mol. The molecule has 0 atom stereocenters. The Hall–Kier alpha value is -4.80. The third-order valence-corrected chi connectivity index (χ3v) is 5.50. The van der Waals surface area contributed by atoms with Gasteiger partial charge in [-0.25, -0.2) is 18.7 Å². The summed E-state index contributed by atoms with van der Waals surface area (Å²) in [6.07, 6.45) is 0.933. The molecule has 0 aliphatic rings. The van der Waals surface area contributed by atoms with E-state index >= 15 is 0 Å². The van der Waals surface area contributed by atoms with Crippen LogP contribution in [0.25, 0.3) is 16.7 Å². The van der Waals surface area contributed by atoms with E-state index in [2.05, 4.69) is 20.7 Å². The molecular formula is C24H19FN6O4. The van der Waals surface area contributed by atoms with Crippen molar-refractivity contribution in [2.24, 2.45) is 7.05 Å². The van der Waals surface area contributed by atoms with Gasteiger partial charge in [0.05, 0.1) is 11.7 Å². The summed E-state index contributed by atoms with van der Waals surface area (Å²) in [4.78, 5) is 41.4. The van der Waals surface area contributed by atoms with Gasteiger partial charge in [0.15, 0.2) is 17.0 Å². The number of amides is 2. The summed E-state index contributed by atoms with van der Waals surface area (Å²) in [7, 11) is 1.58. The zero-order chi connectivity index (χ0) is 24.5. The van der Waals surface area contributed by atoms with Crippen molar-refractivity contribution < 1.29 is 18.4 Å². The molecule has 3 heterocycles. The van der Waals surface area contributed by atoms with Crippen molar-refractivity contribution in [1.29, 1.82) is 0 Å². The monoisotopic (exact) mass is 474 g/mol. The molecule has 0 fully saturated rings. The van der Waals surface area contributed by atoms with E-state index in [9.17, 15) is 18.8 Å². The molecule has 0 saturated heterocycles. The smallest absolute Gasteiger partial charge is 0.408 e. The van der Waals surface area contributed by atoms with Crippen molar-refractivity contribution in [3.8, 4) is 0 Å². The molecule has 0 bridgehead atoms. The number of nitrogens with one attached hydrogen (secondary N) is 2. The van der Waals surface area contributed by atoms with Crippen LogP contribution in [-0.4, -0.2) is 31.0 Å². The maximum atomic E-state index is 14.3. The Morgan fingerprint density at radius 1 is 1.00 bits per heavy atom. The second-order valence-electron chi connectivity index (χ2n) is 7.83. The summed E-state index contributed by atoms with van der Waals surface area (Å²) in [5.41, 5.74) is 2.19. The molecule has 0 saturated carbocycles. The van der Waals surface area contributed by atoms with Crippen molar-refractivity contribution >= 4 is 28.6 Å². The molecule has 176 valence electrons. The van der Waals surface area contributed by atoms with E-state index < -0.39 is 23.4 Å². The van der Waals surface area contributed by atoms with Crippen molar-refractivity contribution in [3.63, 3.8) is 0 Å². The third kappa shape index (κ3) is 4.26. The van der Waals surface area contributed by atoms with Crippen molar-refractivity contribution in [2.45, 2.75) is 13.1 Å². The average molecular weight is 474 g/mol. The fourth-order valence-corrected chi connectivity index (χ4v) is 3.64. The number of nitrogens with zero attached hydrogens (tertiary/aromatic N) is 4. The molecule has 0 aliphatic heterocycles. The van der Waals surface area contributed by atoms with Gasteiger partial charge in [-0.15, -0.1) is 0 Å². The highest BCUT2D eigenvalue weighted by molar-refractivity contribution is 5.98. The third-order valence-electron chi connectivity index (χ3n) is 5.50. The summed E-state index contributed by atoms with van der Waals surface area (Å²) < 4.78 is 21.8. The first-order valence-electron chi connectivity index (χ1n) is 10.6. The number of carbonyl (C=O) groups excluding carboxylic acids is 2. The molecule has 0 unspecified atom stereocenters. The Kier molecular flexibility index (Phi) is 5.57. The van der Waals surface area contributed by atoms with Crippen LogP contribution in [0.4, 0.5) is 4.39 Å². The molecule has 11 heteroatoms. The van der Waals surface area contributed by atoms with E-state index in [1.54, 1.807) is 25.2 Å². The lowest BCUT2D eigenvalue weighted by molar-refractivity contribution is 0.0942. The fraction of sp³-hybridized carbons (Fsp3) is 0.125. The van der Waals surface area contributed by atoms with E-state index in [0.717, 1.165) is 16.3 Å². The van der Waals surface area contributed by atoms with Crippen LogP contribution >= 0.6 is 0 Å². The summed E-state index contributed by atoms with van der Waals surface area (Å²) in [5.74, 6) is -2.39. The standard InChI is InChI=1S/C24H19FN6O4/c1-30-18-9-15(7-8-20(18)35-24(30)34)12-26-22(32)17-10-19(31-21(29-17)16(25)13-28-31)23(33)27-11-14-5-3-2-4-6-14/h2-10,13H,11-12H2,1H3,(H,26,32)(H,27,33). The largest absolute Gasteiger partial charge is 0.419 e. The number of carbonyl (C=O) groups is 2. The number of fused-ring (bicyclic) bond motifs is 2. The first-order valence-corrected chi connectivity index (χ1v) is 10.6. The van der Waals surface area contributed by atoms with Gasteiger partial charge in [0.25, 0.3) is 11.8 Å². The Morgan fingerprint density at radius 3 is 2.54 bits per heavy atom. The van der Waals surface area contributed by atoms with E-state index in [1.165, 1.54) is 10.6 Å². The molecule has 2 N–H and O–H groups in total. The van der Waals surface area contributed by atoms with Gasteiger partial charge in [-0.1, -0.05) is 36.4 Å². The Morgan fingerprint density at radius 2 is 1.74 bits per heavy atom. The van der Waals surface area contributed by atoms with Gasteiger partial charge >= 0.3 is 5.76 Å². The van der Waals surface area contributed by atoms with Gasteiger partial charge in [-0.2, -0.15) is 5.10 Å². The van der Waals surface area contributed by atoms with Crippen LogP contribution in [0.2, 0.25) is 0 Å². The summed E-state index contributed by atoms with van der Waals surface area (Å²) in [6, 6.07) is 15.6. The molecule has 0 radical (unpaired) electrons. The molecule has 5 rings (SSSR count). The maximum Gasteiger partial charge on any atom is 0.419 e. The number of oxazole rings is 1. The van der Waals surface area contributed by atoms with E-state index in [0.29, 0.717) is 16.7 Å². The van der Waals surface area contributed by atoms with Crippen molar-refractivity contribution in [3.05, 3.63) is 99.7 Å². The molecule has 0 aliphatic carbocycles. The Balaban J connectivity index is 1.38. The molecule has 3 aromatic heterocycles. The zero-order valence-corrected chi connectivity index (χ0v) is 18.5. The normalized spacial score (nSPS) is 11.1. The molecular weight excluding hydrogens is 455 g/mol. The zero-order valence-electron chi connectivity index (χ0n) is 18.5. The number of aromatic nitrogens is 4. The topological polar surface area (TPSA) is 124 Å². The molecule has 35 heavy (non-hydrogen) atoms. The van der Waals surface area contributed by atoms with Crippen LogP contribution in [0, 0.1) is 5.82 Å². The lowest BCUT2D eigenvalue weighted by Gasteiger charge is -2.10. The SMILES string of the molecule is Cn1c(=O)oc2ccc(CNC(=O)c3cc(C(=O)NCc4ccccc4)n4ncc(F)c4n3)cc21. The Labute approximate surface area is 197 Å². The van der Waals surface area contributed by atoms with Crippen LogP contribution in [0.1, 0.15) is 32.1 Å². The Bertz CT molecular complexity index is 1640. The van der Waals surface area contributed by atoms with Gasteiger partial charge in [-0.05, 0) is 23.3 Å². The number of hydrogen-bond acceptors (Lipinski definition) is 6. The lowest BCUT2D eigenvalue weighted by Crippen LogP contribution is -2.28. The lowest BCUT2D eigenvalue weighted by atomic mass is 10.2. The highest BCUT2D eigenvalue weighted by atomic mass is 19.1. The molecule has 0 spiro atoms. The fourth-order valence-electron chi connectivity index (χ4n) is 3.64. The number of aryl methyl sites for hydroxylation is 1. The first kappa shape index (κ1) is 22.0. The van der Waals surface area contributed by atoms with Crippen LogP contribution in [0.5, 0.6) is 0 Å². The highest BCUT2D eigenvalue weighted by Gasteiger charge is 2.20. The van der Waals surface area contributed by atoms with Crippen molar-refractivity contribution in [2.75, 3.05) is 0 Å². The van der Waals surface area contributed by atoms with E-state index in [-0.39, 0.29) is 30.1 Å². The van der Waals surface area contributed by atoms with Crippen molar-refractivity contribution in [1.82, 2.24) is 29.8 Å². The van der Waals surface area contributed by atoms with Gasteiger partial charge in [-0.3, -0.25) is 14.2 Å². The van der Waals surface area contributed by atoms with Gasteiger partial charge in [0.1, 0.15) is 11.4 Å². The highest BCUT2D eigenvalue weighted by Crippen LogP contribution is 2.15. The quantitative estimate of drug-likeness (QED) is 0.389. The second-order valence-corrected chi connectivity index (χ2v) is 7.83. The molecule has 10 nitrogen and oxygen atoms in total. The van der Waals surface area contributed by atoms with Gasteiger partial charge in [0, 0.05) is 26.2 Å². The second kappa shape index (κ2) is 8.86. The maximum absolute atomic E-state index is 14.3. The van der Waals surface area contributed by atoms with E-state index in [4.69, 9.17) is 4.42 Å². The van der Waals surface area contributed by atoms with Crippen LogP contribution in [-0.2, 0) is 20.1 Å². The van der Waals surface area contributed by atoms with Crippen LogP contribution in [0.15, 0.2) is 70.0 Å². The minimum absolute atomic E-state index is 0.0326. The van der Waals surface area contributed by atoms with Gasteiger partial charge in [0.2, 0.25) is 0 Å². The summed E-state index contributed by atoms with van der Waals surface area (Å²) in [5, 5.41) is 9.33. The minimum atomic E-state index is -0.761. The number of hydrogen-bond donors (Lipinski definition) is 2. The number of halogens is 1.